The van der Waals surface area contributed by atoms with Gasteiger partial charge in [0, 0.05) is 38.8 Å². The highest BCUT2D eigenvalue weighted by atomic mass is 16.5. The first-order chi connectivity index (χ1) is 12.1. The average Bonchev–Trinajstić information content (AvgIpc) is 2.64. The van der Waals surface area contributed by atoms with E-state index in [2.05, 4.69) is 35.0 Å². The van der Waals surface area contributed by atoms with Gasteiger partial charge in [-0.25, -0.2) is 0 Å². The van der Waals surface area contributed by atoms with E-state index in [9.17, 15) is 4.79 Å². The molecule has 2 aliphatic heterocycles. The Bertz CT molecular complexity index is 584. The van der Waals surface area contributed by atoms with Gasteiger partial charge in [0.2, 0.25) is 5.91 Å². The molecular formula is C20H31N3O2. The van der Waals surface area contributed by atoms with Crippen LogP contribution in [0.15, 0.2) is 24.3 Å². The smallest absolute Gasteiger partial charge is 0.244 e. The summed E-state index contributed by atoms with van der Waals surface area (Å²) in [5.74, 6) is 1.77. The summed E-state index contributed by atoms with van der Waals surface area (Å²) in [5.41, 5.74) is 1.04. The molecule has 25 heavy (non-hydrogen) atoms. The van der Waals surface area contributed by atoms with Crippen LogP contribution in [0.3, 0.4) is 0 Å². The Balaban J connectivity index is 1.89. The SMILES string of the molecule is COc1cccc(C(C(=O)N2CCC(C)CC2)N2CCNCC2C)c1. The third-order valence-electron chi connectivity index (χ3n) is 5.62. The number of nitrogens with one attached hydrogen (secondary N) is 1. The molecule has 0 saturated carbocycles. The first kappa shape index (κ1) is 18.2. The molecule has 1 aromatic rings. The first-order valence-electron chi connectivity index (χ1n) is 9.49. The van der Waals surface area contributed by atoms with Gasteiger partial charge in [-0.05, 0) is 43.4 Å². The van der Waals surface area contributed by atoms with E-state index >= 15 is 0 Å². The van der Waals surface area contributed by atoms with Crippen LogP contribution in [0.4, 0.5) is 0 Å². The fourth-order valence-corrected chi connectivity index (χ4v) is 3.93. The Kier molecular flexibility index (Phi) is 5.97. The molecule has 0 bridgehead atoms. The maximum absolute atomic E-state index is 13.5. The number of amides is 1. The molecule has 2 saturated heterocycles. The lowest BCUT2D eigenvalue weighted by molar-refractivity contribution is -0.140. The molecule has 5 heteroatoms. The highest BCUT2D eigenvalue weighted by Gasteiger charge is 2.36. The number of methoxy groups -OCH3 is 1. The lowest BCUT2D eigenvalue weighted by Gasteiger charge is -2.42. The summed E-state index contributed by atoms with van der Waals surface area (Å²) >= 11 is 0. The van der Waals surface area contributed by atoms with Crippen molar-refractivity contribution in [3.63, 3.8) is 0 Å². The fourth-order valence-electron chi connectivity index (χ4n) is 3.93. The topological polar surface area (TPSA) is 44.8 Å². The van der Waals surface area contributed by atoms with Crippen LogP contribution in [-0.2, 0) is 4.79 Å². The van der Waals surface area contributed by atoms with E-state index in [1.165, 1.54) is 0 Å². The quantitative estimate of drug-likeness (QED) is 0.909. The van der Waals surface area contributed by atoms with Crippen molar-refractivity contribution in [3.05, 3.63) is 29.8 Å². The summed E-state index contributed by atoms with van der Waals surface area (Å²) in [4.78, 5) is 17.9. The molecule has 1 amide bonds. The molecule has 2 heterocycles. The molecule has 0 aliphatic carbocycles. The standard InChI is InChI=1S/C20H31N3O2/c1-15-7-10-22(11-8-15)20(24)19(23-12-9-21-14-16(23)2)17-5-4-6-18(13-17)25-3/h4-6,13,15-16,19,21H,7-12,14H2,1-3H3. The third kappa shape index (κ3) is 4.15. The molecule has 0 radical (unpaired) electrons. The van der Waals surface area contributed by atoms with E-state index in [-0.39, 0.29) is 11.9 Å². The van der Waals surface area contributed by atoms with Crippen molar-refractivity contribution < 1.29 is 9.53 Å². The van der Waals surface area contributed by atoms with Crippen LogP contribution in [0.25, 0.3) is 0 Å². The minimum atomic E-state index is -0.222. The zero-order valence-corrected chi connectivity index (χ0v) is 15.7. The largest absolute Gasteiger partial charge is 0.497 e. The minimum absolute atomic E-state index is 0.222. The van der Waals surface area contributed by atoms with Crippen molar-refractivity contribution in [1.29, 1.82) is 0 Å². The summed E-state index contributed by atoms with van der Waals surface area (Å²) in [6.45, 7) is 8.96. The van der Waals surface area contributed by atoms with Gasteiger partial charge >= 0.3 is 0 Å². The molecule has 0 aromatic heterocycles. The van der Waals surface area contributed by atoms with Crippen LogP contribution in [0.2, 0.25) is 0 Å². The van der Waals surface area contributed by atoms with Crippen LogP contribution in [-0.4, -0.2) is 61.6 Å². The summed E-state index contributed by atoms with van der Waals surface area (Å²) < 4.78 is 5.40. The molecule has 2 aliphatic rings. The molecule has 2 fully saturated rings. The Hall–Kier alpha value is -1.59. The Morgan fingerprint density at radius 3 is 2.68 bits per heavy atom. The van der Waals surface area contributed by atoms with Gasteiger partial charge in [-0.3, -0.25) is 9.69 Å². The summed E-state index contributed by atoms with van der Waals surface area (Å²) in [6.07, 6.45) is 2.21. The van der Waals surface area contributed by atoms with Crippen LogP contribution in [0.5, 0.6) is 5.75 Å². The molecule has 2 atom stereocenters. The number of benzene rings is 1. The van der Waals surface area contributed by atoms with Crippen molar-refractivity contribution in [2.75, 3.05) is 39.8 Å². The van der Waals surface area contributed by atoms with Crippen molar-refractivity contribution in [1.82, 2.24) is 15.1 Å². The molecule has 138 valence electrons. The Labute approximate surface area is 151 Å². The number of piperidine rings is 1. The lowest BCUT2D eigenvalue weighted by Crippen LogP contribution is -2.55. The second kappa shape index (κ2) is 8.19. The van der Waals surface area contributed by atoms with Crippen LogP contribution in [0, 0.1) is 5.92 Å². The van der Waals surface area contributed by atoms with Crippen molar-refractivity contribution >= 4 is 5.91 Å². The molecule has 1 N–H and O–H groups in total. The van der Waals surface area contributed by atoms with E-state index in [0.717, 1.165) is 62.8 Å². The first-order valence-corrected chi connectivity index (χ1v) is 9.49. The fraction of sp³-hybridized carbons (Fsp3) is 0.650. The lowest BCUT2D eigenvalue weighted by atomic mass is 9.96. The maximum Gasteiger partial charge on any atom is 0.244 e. The zero-order chi connectivity index (χ0) is 17.8. The van der Waals surface area contributed by atoms with Gasteiger partial charge < -0.3 is 15.0 Å². The molecule has 5 nitrogen and oxygen atoms in total. The molecular weight excluding hydrogens is 314 g/mol. The normalized spacial score (nSPS) is 24.1. The van der Waals surface area contributed by atoms with E-state index < -0.39 is 0 Å². The number of rotatable bonds is 4. The number of carbonyl (C=O) groups is 1. The van der Waals surface area contributed by atoms with Gasteiger partial charge in [-0.2, -0.15) is 0 Å². The van der Waals surface area contributed by atoms with Gasteiger partial charge in [0.25, 0.3) is 0 Å². The number of nitrogens with zero attached hydrogens (tertiary/aromatic N) is 2. The highest BCUT2D eigenvalue weighted by molar-refractivity contribution is 5.83. The number of carbonyl (C=O) groups excluding carboxylic acids is 1. The van der Waals surface area contributed by atoms with Gasteiger partial charge in [0.05, 0.1) is 7.11 Å². The van der Waals surface area contributed by atoms with Crippen LogP contribution >= 0.6 is 0 Å². The van der Waals surface area contributed by atoms with Crippen LogP contribution in [0.1, 0.15) is 38.3 Å². The Morgan fingerprint density at radius 1 is 1.24 bits per heavy atom. The van der Waals surface area contributed by atoms with Gasteiger partial charge in [-0.1, -0.05) is 19.1 Å². The number of ether oxygens (including phenoxy) is 1. The second-order valence-corrected chi connectivity index (χ2v) is 7.48. The highest BCUT2D eigenvalue weighted by Crippen LogP contribution is 2.30. The van der Waals surface area contributed by atoms with Gasteiger partial charge in [0.1, 0.15) is 11.8 Å². The van der Waals surface area contributed by atoms with E-state index in [0.29, 0.717) is 6.04 Å². The zero-order valence-electron chi connectivity index (χ0n) is 15.7. The van der Waals surface area contributed by atoms with Crippen molar-refractivity contribution in [3.8, 4) is 5.75 Å². The monoisotopic (exact) mass is 345 g/mol. The minimum Gasteiger partial charge on any atom is -0.497 e. The Morgan fingerprint density at radius 2 is 2.00 bits per heavy atom. The van der Waals surface area contributed by atoms with Crippen molar-refractivity contribution in [2.45, 2.75) is 38.8 Å². The average molecular weight is 345 g/mol. The van der Waals surface area contributed by atoms with Crippen molar-refractivity contribution in [2.24, 2.45) is 5.92 Å². The van der Waals surface area contributed by atoms with Gasteiger partial charge in [-0.15, -0.1) is 0 Å². The van der Waals surface area contributed by atoms with E-state index in [4.69, 9.17) is 4.74 Å². The maximum atomic E-state index is 13.5. The predicted octanol–water partition coefficient (Wildman–Crippen LogP) is 2.29. The summed E-state index contributed by atoms with van der Waals surface area (Å²) in [6, 6.07) is 8.11. The van der Waals surface area contributed by atoms with Crippen LogP contribution < -0.4 is 10.1 Å². The van der Waals surface area contributed by atoms with E-state index in [1.807, 2.05) is 18.2 Å². The predicted molar refractivity (Wildman–Crippen MR) is 99.8 cm³/mol. The number of hydrogen-bond acceptors (Lipinski definition) is 4. The number of piperazine rings is 1. The summed E-state index contributed by atoms with van der Waals surface area (Å²) in [5, 5.41) is 3.43. The summed E-state index contributed by atoms with van der Waals surface area (Å²) in [7, 11) is 1.68. The second-order valence-electron chi connectivity index (χ2n) is 7.48. The molecule has 2 unspecified atom stereocenters. The number of likely N-dealkylation sites (tertiary alicyclic amines) is 1. The molecule has 3 rings (SSSR count). The molecule has 1 aromatic carbocycles. The van der Waals surface area contributed by atoms with Gasteiger partial charge in [0.15, 0.2) is 0 Å². The number of hydrogen-bond donors (Lipinski definition) is 1. The third-order valence-corrected chi connectivity index (χ3v) is 5.62. The van der Waals surface area contributed by atoms with E-state index in [1.54, 1.807) is 7.11 Å². The molecule has 0 spiro atoms.